The number of nitrogens with zero attached hydrogens (tertiary/aromatic N) is 2. The summed E-state index contributed by atoms with van der Waals surface area (Å²) in [4.78, 5) is 24.2. The van der Waals surface area contributed by atoms with Crippen molar-refractivity contribution in [3.05, 3.63) is 64.7 Å². The van der Waals surface area contributed by atoms with E-state index in [4.69, 9.17) is 0 Å². The van der Waals surface area contributed by atoms with Crippen LogP contribution in [0.3, 0.4) is 0 Å². The maximum Gasteiger partial charge on any atom is 0.296 e. The average Bonchev–Trinajstić information content (AvgIpc) is 2.73. The fourth-order valence-corrected chi connectivity index (χ4v) is 3.04. The van der Waals surface area contributed by atoms with Gasteiger partial charge in [0.15, 0.2) is 23.3 Å². The molecule has 1 atom stereocenters. The number of hydrogen-bond donors (Lipinski definition) is 0. The molecule has 1 aliphatic heterocycles. The van der Waals surface area contributed by atoms with Crippen molar-refractivity contribution < 1.29 is 44.7 Å². The number of alkyl halides is 4. The van der Waals surface area contributed by atoms with Gasteiger partial charge in [0.05, 0.1) is 28.4 Å². The van der Waals surface area contributed by atoms with Crippen molar-refractivity contribution in [1.82, 2.24) is 0 Å². The van der Waals surface area contributed by atoms with E-state index in [1.54, 1.807) is 0 Å². The number of Topliss-reactive ketones (excluding diaryl/α,β-unsaturated/α-hetero) is 1. The Morgan fingerprint density at radius 2 is 1.48 bits per heavy atom. The van der Waals surface area contributed by atoms with Gasteiger partial charge in [-0.3, -0.25) is 9.59 Å². The molecule has 0 saturated heterocycles. The van der Waals surface area contributed by atoms with E-state index in [9.17, 15) is 44.7 Å². The molecule has 1 heterocycles. The second kappa shape index (κ2) is 8.44. The molecule has 0 bridgehead atoms. The van der Waals surface area contributed by atoms with E-state index in [1.165, 1.54) is 30.3 Å². The molecular weight excluding hydrogens is 440 g/mol. The van der Waals surface area contributed by atoms with Gasteiger partial charge in [-0.15, -0.1) is 0 Å². The molecule has 0 spiro atoms. The summed E-state index contributed by atoms with van der Waals surface area (Å²) in [5.41, 5.74) is -5.18. The quantitative estimate of drug-likeness (QED) is 0.487. The fraction of sp³-hybridized carbons (Fsp3) is 0.211. The number of carbonyl (C=O) groups excluding carboxylic acids is 2. The van der Waals surface area contributed by atoms with Gasteiger partial charge in [-0.05, 0) is 12.1 Å². The minimum absolute atomic E-state index is 0.0149. The Balaban J connectivity index is 2.30. The molecule has 1 aliphatic rings. The lowest BCUT2D eigenvalue weighted by Gasteiger charge is -2.29. The predicted octanol–water partition coefficient (Wildman–Crippen LogP) is 4.77. The number of para-hydroxylation sites is 1. The lowest BCUT2D eigenvalue weighted by Crippen LogP contribution is -2.43. The number of halogens is 8. The van der Waals surface area contributed by atoms with Crippen molar-refractivity contribution in [2.24, 2.45) is 11.0 Å². The number of hydrazone groups is 1. The van der Waals surface area contributed by atoms with E-state index in [1.807, 2.05) is 0 Å². The zero-order valence-corrected chi connectivity index (χ0v) is 15.1. The van der Waals surface area contributed by atoms with Crippen LogP contribution in [0.4, 0.5) is 40.8 Å². The molecule has 164 valence electrons. The van der Waals surface area contributed by atoms with Gasteiger partial charge in [-0.2, -0.15) is 5.10 Å². The highest BCUT2D eigenvalue weighted by molar-refractivity contribution is 6.19. The van der Waals surface area contributed by atoms with Gasteiger partial charge >= 0.3 is 0 Å². The van der Waals surface area contributed by atoms with Gasteiger partial charge in [0.25, 0.3) is 12.9 Å². The van der Waals surface area contributed by atoms with Gasteiger partial charge in [0, 0.05) is 6.42 Å². The number of rotatable bonds is 5. The van der Waals surface area contributed by atoms with Crippen LogP contribution in [0.15, 0.2) is 35.4 Å². The van der Waals surface area contributed by atoms with Crippen LogP contribution in [0.5, 0.6) is 0 Å². The third-order valence-electron chi connectivity index (χ3n) is 4.48. The second-order valence-electron chi connectivity index (χ2n) is 6.33. The molecule has 4 nitrogen and oxygen atoms in total. The molecule has 1 amide bonds. The van der Waals surface area contributed by atoms with Crippen molar-refractivity contribution >= 4 is 23.1 Å². The van der Waals surface area contributed by atoms with E-state index >= 15 is 0 Å². The summed E-state index contributed by atoms with van der Waals surface area (Å²) in [5, 5.41) is 4.01. The Morgan fingerprint density at radius 3 is 1.97 bits per heavy atom. The molecule has 0 radical (unpaired) electrons. The number of anilines is 1. The van der Waals surface area contributed by atoms with Gasteiger partial charge in [0.1, 0.15) is 0 Å². The summed E-state index contributed by atoms with van der Waals surface area (Å²) in [6.07, 6.45) is -8.71. The van der Waals surface area contributed by atoms with Crippen LogP contribution in [-0.4, -0.2) is 23.8 Å². The summed E-state index contributed by atoms with van der Waals surface area (Å²) in [6, 6.07) is 6.96. The number of ketones is 1. The van der Waals surface area contributed by atoms with Crippen LogP contribution in [0, 0.1) is 29.2 Å². The normalized spacial score (nSPS) is 16.8. The zero-order chi connectivity index (χ0) is 23.0. The summed E-state index contributed by atoms with van der Waals surface area (Å²) >= 11 is 0. The molecular formula is C19H10F8N2O2. The molecule has 2 aromatic rings. The molecule has 3 rings (SSSR count). The van der Waals surface area contributed by atoms with Crippen molar-refractivity contribution in [3.8, 4) is 0 Å². The van der Waals surface area contributed by atoms with Crippen LogP contribution in [0.25, 0.3) is 0 Å². The van der Waals surface area contributed by atoms with Crippen molar-refractivity contribution in [3.63, 3.8) is 0 Å². The summed E-state index contributed by atoms with van der Waals surface area (Å²) in [5.74, 6) is -15.0. The highest BCUT2D eigenvalue weighted by Crippen LogP contribution is 2.35. The topological polar surface area (TPSA) is 49.7 Å². The molecule has 0 aromatic heterocycles. The Labute approximate surface area is 168 Å². The van der Waals surface area contributed by atoms with Crippen LogP contribution < -0.4 is 5.01 Å². The minimum Gasteiger partial charge on any atom is -0.293 e. The minimum atomic E-state index is -3.94. The Kier molecular flexibility index (Phi) is 6.09. The Hall–Kier alpha value is -3.31. The largest absolute Gasteiger partial charge is 0.296 e. The molecule has 0 fully saturated rings. The van der Waals surface area contributed by atoms with Gasteiger partial charge in [-0.1, -0.05) is 18.2 Å². The predicted molar refractivity (Wildman–Crippen MR) is 90.8 cm³/mol. The summed E-state index contributed by atoms with van der Waals surface area (Å²) in [6.45, 7) is 0. The zero-order valence-electron chi connectivity index (χ0n) is 15.1. The molecule has 0 aliphatic carbocycles. The second-order valence-corrected chi connectivity index (χ2v) is 6.33. The first-order valence-corrected chi connectivity index (χ1v) is 8.49. The molecule has 0 saturated carbocycles. The van der Waals surface area contributed by atoms with E-state index in [0.29, 0.717) is 5.01 Å². The Bertz CT molecular complexity index is 1040. The first-order valence-electron chi connectivity index (χ1n) is 8.49. The highest BCUT2D eigenvalue weighted by atomic mass is 19.3. The Morgan fingerprint density at radius 1 is 0.935 bits per heavy atom. The van der Waals surface area contributed by atoms with Gasteiger partial charge in [0.2, 0.25) is 11.7 Å². The van der Waals surface area contributed by atoms with Gasteiger partial charge < -0.3 is 0 Å². The maximum absolute atomic E-state index is 14.5. The van der Waals surface area contributed by atoms with Crippen LogP contribution >= 0.6 is 0 Å². The molecule has 12 heteroatoms. The molecule has 1 unspecified atom stereocenters. The van der Waals surface area contributed by atoms with Crippen LogP contribution in [0.2, 0.25) is 0 Å². The van der Waals surface area contributed by atoms with E-state index in [0.717, 1.165) is 0 Å². The fourth-order valence-electron chi connectivity index (χ4n) is 3.04. The molecule has 31 heavy (non-hydrogen) atoms. The maximum atomic E-state index is 14.5. The lowest BCUT2D eigenvalue weighted by atomic mass is 9.87. The highest BCUT2D eigenvalue weighted by Gasteiger charge is 2.43. The van der Waals surface area contributed by atoms with Crippen molar-refractivity contribution in [1.29, 1.82) is 0 Å². The average molecular weight is 450 g/mol. The van der Waals surface area contributed by atoms with E-state index in [2.05, 4.69) is 5.10 Å². The lowest BCUT2D eigenvalue weighted by molar-refractivity contribution is -0.134. The van der Waals surface area contributed by atoms with E-state index in [-0.39, 0.29) is 5.69 Å². The number of carbonyl (C=O) groups is 2. The van der Waals surface area contributed by atoms with Crippen molar-refractivity contribution in [2.45, 2.75) is 19.3 Å². The molecule has 2 aromatic carbocycles. The third kappa shape index (κ3) is 3.89. The van der Waals surface area contributed by atoms with Crippen LogP contribution in [-0.2, 0) is 9.59 Å². The first-order chi connectivity index (χ1) is 14.6. The molecule has 0 N–H and O–H groups in total. The van der Waals surface area contributed by atoms with Crippen LogP contribution in [0.1, 0.15) is 24.0 Å². The number of benzene rings is 2. The van der Waals surface area contributed by atoms with Crippen molar-refractivity contribution in [2.75, 3.05) is 5.01 Å². The summed E-state index contributed by atoms with van der Waals surface area (Å²) in [7, 11) is 0. The smallest absolute Gasteiger partial charge is 0.293 e. The number of hydrogen-bond acceptors (Lipinski definition) is 3. The first kappa shape index (κ1) is 22.4. The number of amides is 1. The standard InChI is InChI=1S/C19H10F8N2O2/c20-12-10(13(21)15(23)11(14(12)22)18(24)25)16-8(17(31)19(26)27)6-9(30)29(28-16)7-4-2-1-3-5-7/h1-5,8,18-19H,6H2. The monoisotopic (exact) mass is 450 g/mol. The third-order valence-corrected chi connectivity index (χ3v) is 4.48. The SMILES string of the molecule is O=C(C(F)F)C1CC(=O)N(c2ccccc2)N=C1c1c(F)c(F)c(C(F)F)c(F)c1F. The van der Waals surface area contributed by atoms with E-state index < -0.39 is 77.0 Å². The summed E-state index contributed by atoms with van der Waals surface area (Å²) < 4.78 is 109. The van der Waals surface area contributed by atoms with Gasteiger partial charge in [-0.25, -0.2) is 40.1 Å².